The molecule has 0 spiro atoms. The van der Waals surface area contributed by atoms with Gasteiger partial charge in [-0.25, -0.2) is 4.98 Å². The van der Waals surface area contributed by atoms with E-state index >= 15 is 0 Å². The lowest BCUT2D eigenvalue weighted by molar-refractivity contribution is 0.458. The molecule has 0 saturated heterocycles. The quantitative estimate of drug-likeness (QED) is 0.758. The number of hydrogen-bond donors (Lipinski definition) is 0. The topological polar surface area (TPSA) is 22.1 Å². The van der Waals surface area contributed by atoms with Gasteiger partial charge >= 0.3 is 0 Å². The van der Waals surface area contributed by atoms with Gasteiger partial charge in [-0.3, -0.25) is 0 Å². The van der Waals surface area contributed by atoms with E-state index in [1.54, 1.807) is 6.20 Å². The summed E-state index contributed by atoms with van der Waals surface area (Å²) >= 11 is 5.75. The van der Waals surface area contributed by atoms with Crippen molar-refractivity contribution in [2.45, 2.75) is 19.7 Å². The lowest BCUT2D eigenvalue weighted by atomic mass is 10.2. The largest absolute Gasteiger partial charge is 0.439 e. The van der Waals surface area contributed by atoms with Crippen molar-refractivity contribution in [3.63, 3.8) is 0 Å². The van der Waals surface area contributed by atoms with Crippen LogP contribution in [-0.4, -0.2) is 4.98 Å². The standard InChI is InChI=1S/C14H14ClNO/c1-10-4-3-5-13(6-10)17-14-11(2)7-12(8-15)9-16-14/h3-7,9H,8H2,1-2H3. The Labute approximate surface area is 106 Å². The summed E-state index contributed by atoms with van der Waals surface area (Å²) in [4.78, 5) is 4.27. The molecule has 0 unspecified atom stereocenters. The molecule has 0 bridgehead atoms. The highest BCUT2D eigenvalue weighted by Gasteiger charge is 2.04. The van der Waals surface area contributed by atoms with Crippen LogP contribution in [0.1, 0.15) is 16.7 Å². The Morgan fingerprint density at radius 2 is 2.06 bits per heavy atom. The monoisotopic (exact) mass is 247 g/mol. The Kier molecular flexibility index (Phi) is 3.64. The SMILES string of the molecule is Cc1cccc(Oc2ncc(CCl)cc2C)c1. The molecule has 0 saturated carbocycles. The molecule has 2 aromatic rings. The van der Waals surface area contributed by atoms with Crippen molar-refractivity contribution in [1.82, 2.24) is 4.98 Å². The van der Waals surface area contributed by atoms with E-state index in [4.69, 9.17) is 16.3 Å². The minimum absolute atomic E-state index is 0.471. The highest BCUT2D eigenvalue weighted by atomic mass is 35.5. The van der Waals surface area contributed by atoms with Crippen LogP contribution in [0.4, 0.5) is 0 Å². The van der Waals surface area contributed by atoms with Gasteiger partial charge in [0.1, 0.15) is 5.75 Å². The van der Waals surface area contributed by atoms with E-state index in [1.807, 2.05) is 44.2 Å². The van der Waals surface area contributed by atoms with Crippen LogP contribution < -0.4 is 4.74 Å². The molecule has 2 rings (SSSR count). The lowest BCUT2D eigenvalue weighted by Gasteiger charge is -2.08. The van der Waals surface area contributed by atoms with Crippen LogP contribution in [0.2, 0.25) is 0 Å². The summed E-state index contributed by atoms with van der Waals surface area (Å²) in [5.74, 6) is 1.90. The molecule has 1 heterocycles. The van der Waals surface area contributed by atoms with Crippen molar-refractivity contribution in [1.29, 1.82) is 0 Å². The number of nitrogens with zero attached hydrogens (tertiary/aromatic N) is 1. The molecule has 0 aliphatic heterocycles. The molecule has 17 heavy (non-hydrogen) atoms. The van der Waals surface area contributed by atoms with E-state index in [2.05, 4.69) is 4.98 Å². The first-order chi connectivity index (χ1) is 8.19. The van der Waals surface area contributed by atoms with Crippen LogP contribution in [0.5, 0.6) is 11.6 Å². The fourth-order valence-corrected chi connectivity index (χ4v) is 1.74. The maximum Gasteiger partial charge on any atom is 0.222 e. The number of ether oxygens (including phenoxy) is 1. The number of aryl methyl sites for hydroxylation is 2. The van der Waals surface area contributed by atoms with Crippen molar-refractivity contribution in [3.05, 3.63) is 53.2 Å². The molecule has 0 radical (unpaired) electrons. The third-order valence-electron chi connectivity index (χ3n) is 2.45. The van der Waals surface area contributed by atoms with E-state index in [1.165, 1.54) is 0 Å². The molecule has 88 valence electrons. The van der Waals surface area contributed by atoms with Crippen molar-refractivity contribution >= 4 is 11.6 Å². The zero-order chi connectivity index (χ0) is 12.3. The van der Waals surface area contributed by atoms with Crippen LogP contribution in [-0.2, 0) is 5.88 Å². The lowest BCUT2D eigenvalue weighted by Crippen LogP contribution is -1.93. The second-order valence-corrected chi connectivity index (χ2v) is 4.29. The molecule has 0 aliphatic carbocycles. The molecule has 0 aliphatic rings. The third kappa shape index (κ3) is 2.98. The summed E-state index contributed by atoms with van der Waals surface area (Å²) < 4.78 is 5.74. The van der Waals surface area contributed by atoms with Gasteiger partial charge in [0.25, 0.3) is 0 Å². The summed E-state index contributed by atoms with van der Waals surface area (Å²) in [6.07, 6.45) is 1.74. The molecule has 0 atom stereocenters. The van der Waals surface area contributed by atoms with Gasteiger partial charge in [0, 0.05) is 17.6 Å². The van der Waals surface area contributed by atoms with Crippen molar-refractivity contribution in [2.24, 2.45) is 0 Å². The maximum absolute atomic E-state index is 5.75. The number of alkyl halides is 1. The molecule has 1 aromatic heterocycles. The average molecular weight is 248 g/mol. The first-order valence-corrected chi connectivity index (χ1v) is 5.98. The summed E-state index contributed by atoms with van der Waals surface area (Å²) in [6, 6.07) is 9.89. The Morgan fingerprint density at radius 3 is 2.71 bits per heavy atom. The smallest absolute Gasteiger partial charge is 0.222 e. The zero-order valence-corrected chi connectivity index (χ0v) is 10.7. The van der Waals surface area contributed by atoms with Crippen molar-refractivity contribution < 1.29 is 4.74 Å². The Bertz CT molecular complexity index is 525. The summed E-state index contributed by atoms with van der Waals surface area (Å²) in [7, 11) is 0. The number of aromatic nitrogens is 1. The molecule has 0 fully saturated rings. The van der Waals surface area contributed by atoms with Gasteiger partial charge in [0.2, 0.25) is 5.88 Å². The fraction of sp³-hybridized carbons (Fsp3) is 0.214. The normalized spacial score (nSPS) is 10.3. The predicted octanol–water partition coefficient (Wildman–Crippen LogP) is 4.23. The molecule has 0 N–H and O–H groups in total. The van der Waals surface area contributed by atoms with Crippen LogP contribution in [0.25, 0.3) is 0 Å². The first kappa shape index (κ1) is 11.9. The van der Waals surface area contributed by atoms with Crippen LogP contribution in [0.3, 0.4) is 0 Å². The van der Waals surface area contributed by atoms with Crippen molar-refractivity contribution in [2.75, 3.05) is 0 Å². The molecule has 3 heteroatoms. The van der Waals surface area contributed by atoms with Crippen LogP contribution in [0.15, 0.2) is 36.5 Å². The second-order valence-electron chi connectivity index (χ2n) is 4.02. The molecule has 0 amide bonds. The highest BCUT2D eigenvalue weighted by Crippen LogP contribution is 2.24. The van der Waals surface area contributed by atoms with Gasteiger partial charge in [-0.2, -0.15) is 0 Å². The molecule has 2 nitrogen and oxygen atoms in total. The van der Waals surface area contributed by atoms with E-state index in [0.29, 0.717) is 11.8 Å². The Morgan fingerprint density at radius 1 is 1.24 bits per heavy atom. The van der Waals surface area contributed by atoms with E-state index in [-0.39, 0.29) is 0 Å². The minimum Gasteiger partial charge on any atom is -0.439 e. The van der Waals surface area contributed by atoms with Crippen LogP contribution in [0, 0.1) is 13.8 Å². The second kappa shape index (κ2) is 5.19. The highest BCUT2D eigenvalue weighted by molar-refractivity contribution is 6.17. The van der Waals surface area contributed by atoms with Gasteiger partial charge in [0.15, 0.2) is 0 Å². The predicted molar refractivity (Wildman–Crippen MR) is 69.8 cm³/mol. The van der Waals surface area contributed by atoms with E-state index in [0.717, 1.165) is 22.4 Å². The first-order valence-electron chi connectivity index (χ1n) is 5.45. The van der Waals surface area contributed by atoms with Gasteiger partial charge < -0.3 is 4.74 Å². The maximum atomic E-state index is 5.75. The Balaban J connectivity index is 2.24. The van der Waals surface area contributed by atoms with E-state index in [9.17, 15) is 0 Å². The summed E-state index contributed by atoms with van der Waals surface area (Å²) in [5, 5.41) is 0. The molecule has 1 aromatic carbocycles. The summed E-state index contributed by atoms with van der Waals surface area (Å²) in [6.45, 7) is 4.00. The number of halogens is 1. The van der Waals surface area contributed by atoms with E-state index < -0.39 is 0 Å². The van der Waals surface area contributed by atoms with Gasteiger partial charge in [-0.05, 0) is 43.2 Å². The van der Waals surface area contributed by atoms with Gasteiger partial charge in [-0.15, -0.1) is 11.6 Å². The minimum atomic E-state index is 0.471. The Hall–Kier alpha value is -1.54. The van der Waals surface area contributed by atoms with Crippen molar-refractivity contribution in [3.8, 4) is 11.6 Å². The summed E-state index contributed by atoms with van der Waals surface area (Å²) in [5.41, 5.74) is 3.16. The number of hydrogen-bond acceptors (Lipinski definition) is 2. The molecular formula is C14H14ClNO. The van der Waals surface area contributed by atoms with Gasteiger partial charge in [0.05, 0.1) is 0 Å². The van der Waals surface area contributed by atoms with Crippen LogP contribution >= 0.6 is 11.6 Å². The third-order valence-corrected chi connectivity index (χ3v) is 2.75. The average Bonchev–Trinajstić information content (AvgIpc) is 2.32. The molecular weight excluding hydrogens is 234 g/mol. The number of benzene rings is 1. The van der Waals surface area contributed by atoms with Gasteiger partial charge in [-0.1, -0.05) is 12.1 Å². The number of rotatable bonds is 3. The fourth-order valence-electron chi connectivity index (χ4n) is 1.59. The number of pyridine rings is 1. The zero-order valence-electron chi connectivity index (χ0n) is 9.90.